The van der Waals surface area contributed by atoms with Crippen LogP contribution in [-0.4, -0.2) is 36.2 Å². The zero-order valence-corrected chi connectivity index (χ0v) is 11.8. The monoisotopic (exact) mass is 281 g/mol. The van der Waals surface area contributed by atoms with Gasteiger partial charge in [0.05, 0.1) is 6.61 Å². The van der Waals surface area contributed by atoms with Gasteiger partial charge >= 0.3 is 5.97 Å². The van der Waals surface area contributed by atoms with E-state index in [2.05, 4.69) is 6.07 Å². The molecule has 1 aromatic rings. The van der Waals surface area contributed by atoms with Crippen molar-refractivity contribution in [3.63, 3.8) is 0 Å². The molecule has 0 aromatic heterocycles. The minimum atomic E-state index is -0.547. The Morgan fingerprint density at radius 3 is 3.11 bits per heavy atom. The first kappa shape index (κ1) is 14.2. The largest absolute Gasteiger partial charge is 0.489 e. The van der Waals surface area contributed by atoms with E-state index in [4.69, 9.17) is 15.2 Å². The lowest BCUT2D eigenvalue weighted by Gasteiger charge is -2.13. The summed E-state index contributed by atoms with van der Waals surface area (Å²) in [5, 5.41) is 0. The quantitative estimate of drug-likeness (QED) is 0.803. The number of para-hydroxylation sites is 1. The molecule has 2 rings (SSSR count). The molecule has 1 aromatic carbocycles. The highest BCUT2D eigenvalue weighted by atomic mass is 32.2. The van der Waals surface area contributed by atoms with Gasteiger partial charge in [-0.1, -0.05) is 18.2 Å². The van der Waals surface area contributed by atoms with Crippen molar-refractivity contribution in [3.8, 4) is 5.75 Å². The van der Waals surface area contributed by atoms with Gasteiger partial charge in [0.25, 0.3) is 0 Å². The minimum Gasteiger partial charge on any atom is -0.489 e. The molecule has 4 nitrogen and oxygen atoms in total. The SMILES string of the molecule is CCOC(=O)C(N)CSCC1Cc2ccccc2O1. The van der Waals surface area contributed by atoms with Crippen molar-refractivity contribution in [2.75, 3.05) is 18.1 Å². The Morgan fingerprint density at radius 1 is 1.58 bits per heavy atom. The van der Waals surface area contributed by atoms with Crippen LogP contribution in [-0.2, 0) is 16.0 Å². The molecule has 0 aliphatic carbocycles. The Bertz CT molecular complexity index is 413. The third-order valence-electron chi connectivity index (χ3n) is 2.90. The summed E-state index contributed by atoms with van der Waals surface area (Å²) in [6, 6.07) is 7.53. The van der Waals surface area contributed by atoms with Crippen molar-refractivity contribution >= 4 is 17.7 Å². The number of ether oxygens (including phenoxy) is 2. The molecule has 0 saturated carbocycles. The molecule has 1 aliphatic heterocycles. The van der Waals surface area contributed by atoms with Gasteiger partial charge in [-0.15, -0.1) is 0 Å². The first-order valence-electron chi connectivity index (χ1n) is 6.45. The summed E-state index contributed by atoms with van der Waals surface area (Å²) in [6.07, 6.45) is 1.11. The van der Waals surface area contributed by atoms with Gasteiger partial charge < -0.3 is 15.2 Å². The number of hydrogen-bond acceptors (Lipinski definition) is 5. The fraction of sp³-hybridized carbons (Fsp3) is 0.500. The highest BCUT2D eigenvalue weighted by Gasteiger charge is 2.23. The van der Waals surface area contributed by atoms with Gasteiger partial charge in [-0.05, 0) is 18.6 Å². The molecular weight excluding hydrogens is 262 g/mol. The van der Waals surface area contributed by atoms with Crippen LogP contribution in [0.5, 0.6) is 5.75 Å². The molecule has 104 valence electrons. The fourth-order valence-corrected chi connectivity index (χ4v) is 2.97. The maximum absolute atomic E-state index is 11.4. The topological polar surface area (TPSA) is 61.5 Å². The van der Waals surface area contributed by atoms with Gasteiger partial charge in [-0.3, -0.25) is 4.79 Å². The first-order chi connectivity index (χ1) is 9.20. The van der Waals surface area contributed by atoms with Gasteiger partial charge in [-0.2, -0.15) is 11.8 Å². The maximum Gasteiger partial charge on any atom is 0.323 e. The molecule has 0 radical (unpaired) electrons. The average molecular weight is 281 g/mol. The Balaban J connectivity index is 1.69. The lowest BCUT2D eigenvalue weighted by atomic mass is 10.1. The summed E-state index contributed by atoms with van der Waals surface area (Å²) < 4.78 is 10.7. The number of hydrogen-bond donors (Lipinski definition) is 1. The summed E-state index contributed by atoms with van der Waals surface area (Å²) in [7, 11) is 0. The number of carbonyl (C=O) groups is 1. The first-order valence-corrected chi connectivity index (χ1v) is 7.60. The van der Waals surface area contributed by atoms with Gasteiger partial charge in [0, 0.05) is 17.9 Å². The number of carbonyl (C=O) groups excluding carboxylic acids is 1. The Hall–Kier alpha value is -1.20. The van der Waals surface area contributed by atoms with E-state index < -0.39 is 6.04 Å². The lowest BCUT2D eigenvalue weighted by Crippen LogP contribution is -2.35. The summed E-state index contributed by atoms with van der Waals surface area (Å²) in [6.45, 7) is 2.15. The van der Waals surface area contributed by atoms with Crippen LogP contribution in [0.2, 0.25) is 0 Å². The van der Waals surface area contributed by atoms with Crippen molar-refractivity contribution in [2.45, 2.75) is 25.5 Å². The van der Waals surface area contributed by atoms with E-state index in [1.807, 2.05) is 18.2 Å². The number of benzene rings is 1. The van der Waals surface area contributed by atoms with Crippen LogP contribution in [0, 0.1) is 0 Å². The van der Waals surface area contributed by atoms with E-state index in [9.17, 15) is 4.79 Å². The van der Waals surface area contributed by atoms with E-state index >= 15 is 0 Å². The fourth-order valence-electron chi connectivity index (χ4n) is 1.99. The third-order valence-corrected chi connectivity index (χ3v) is 4.11. The van der Waals surface area contributed by atoms with Crippen LogP contribution in [0.1, 0.15) is 12.5 Å². The number of esters is 1. The molecule has 0 bridgehead atoms. The van der Waals surface area contributed by atoms with E-state index in [0.29, 0.717) is 12.4 Å². The predicted molar refractivity (Wildman–Crippen MR) is 76.5 cm³/mol. The average Bonchev–Trinajstić information content (AvgIpc) is 2.81. The number of rotatable bonds is 6. The van der Waals surface area contributed by atoms with E-state index in [1.54, 1.807) is 18.7 Å². The zero-order chi connectivity index (χ0) is 13.7. The molecule has 1 heterocycles. The van der Waals surface area contributed by atoms with Crippen LogP contribution < -0.4 is 10.5 Å². The van der Waals surface area contributed by atoms with Crippen molar-refractivity contribution in [3.05, 3.63) is 29.8 Å². The number of fused-ring (bicyclic) bond motifs is 1. The Morgan fingerprint density at radius 2 is 2.37 bits per heavy atom. The van der Waals surface area contributed by atoms with Crippen LogP contribution in [0.25, 0.3) is 0 Å². The second-order valence-corrected chi connectivity index (χ2v) is 5.52. The van der Waals surface area contributed by atoms with Crippen LogP contribution in [0.15, 0.2) is 24.3 Å². The van der Waals surface area contributed by atoms with E-state index in [-0.39, 0.29) is 12.1 Å². The molecule has 2 unspecified atom stereocenters. The summed E-state index contributed by atoms with van der Waals surface area (Å²) in [5.74, 6) is 2.05. The van der Waals surface area contributed by atoms with Crippen molar-refractivity contribution in [1.29, 1.82) is 0 Å². The maximum atomic E-state index is 11.4. The van der Waals surface area contributed by atoms with Crippen molar-refractivity contribution in [2.24, 2.45) is 5.73 Å². The normalized spacial score (nSPS) is 18.5. The summed E-state index contributed by atoms with van der Waals surface area (Å²) in [4.78, 5) is 11.4. The van der Waals surface area contributed by atoms with Crippen molar-refractivity contribution in [1.82, 2.24) is 0 Å². The van der Waals surface area contributed by atoms with E-state index in [0.717, 1.165) is 17.9 Å². The zero-order valence-electron chi connectivity index (χ0n) is 11.0. The minimum absolute atomic E-state index is 0.178. The van der Waals surface area contributed by atoms with Crippen LogP contribution >= 0.6 is 11.8 Å². The molecule has 0 amide bonds. The van der Waals surface area contributed by atoms with E-state index in [1.165, 1.54) is 5.56 Å². The molecule has 0 saturated heterocycles. The van der Waals surface area contributed by atoms with Crippen LogP contribution in [0.4, 0.5) is 0 Å². The number of nitrogens with two attached hydrogens (primary N) is 1. The third kappa shape index (κ3) is 3.88. The van der Waals surface area contributed by atoms with Gasteiger partial charge in [0.2, 0.25) is 0 Å². The molecule has 2 atom stereocenters. The smallest absolute Gasteiger partial charge is 0.323 e. The lowest BCUT2D eigenvalue weighted by molar-refractivity contribution is -0.144. The Labute approximate surface area is 117 Å². The molecular formula is C14H19NO3S. The second kappa shape index (κ2) is 6.82. The highest BCUT2D eigenvalue weighted by molar-refractivity contribution is 7.99. The van der Waals surface area contributed by atoms with Crippen molar-refractivity contribution < 1.29 is 14.3 Å². The molecule has 5 heteroatoms. The standard InChI is InChI=1S/C14H19NO3S/c1-2-17-14(16)12(15)9-19-8-11-7-10-5-3-4-6-13(10)18-11/h3-6,11-12H,2,7-9,15H2,1H3. The molecule has 0 spiro atoms. The van der Waals surface area contributed by atoms with Gasteiger partial charge in [0.15, 0.2) is 0 Å². The molecule has 2 N–H and O–H groups in total. The highest BCUT2D eigenvalue weighted by Crippen LogP contribution is 2.29. The summed E-state index contributed by atoms with van der Waals surface area (Å²) in [5.41, 5.74) is 6.99. The predicted octanol–water partition coefficient (Wildman–Crippen LogP) is 1.61. The summed E-state index contributed by atoms with van der Waals surface area (Å²) >= 11 is 1.63. The van der Waals surface area contributed by atoms with Gasteiger partial charge in [-0.25, -0.2) is 0 Å². The number of thioether (sulfide) groups is 1. The molecule has 19 heavy (non-hydrogen) atoms. The van der Waals surface area contributed by atoms with Gasteiger partial charge in [0.1, 0.15) is 17.9 Å². The Kier molecular flexibility index (Phi) is 5.10. The van der Waals surface area contributed by atoms with Crippen LogP contribution in [0.3, 0.4) is 0 Å². The molecule has 1 aliphatic rings. The molecule has 0 fully saturated rings. The second-order valence-electron chi connectivity index (χ2n) is 4.45.